The predicted octanol–water partition coefficient (Wildman–Crippen LogP) is 3.69. The molecule has 0 aromatic heterocycles. The van der Waals surface area contributed by atoms with Crippen LogP contribution in [0.5, 0.6) is 5.75 Å². The second-order valence-corrected chi connectivity index (χ2v) is 4.84. The number of nitro groups is 1. The van der Waals surface area contributed by atoms with E-state index in [0.29, 0.717) is 5.92 Å². The molecule has 18 heavy (non-hydrogen) atoms. The van der Waals surface area contributed by atoms with Crippen LogP contribution in [0.4, 0.5) is 10.1 Å². The summed E-state index contributed by atoms with van der Waals surface area (Å²) >= 11 is 0. The van der Waals surface area contributed by atoms with Gasteiger partial charge in [-0.3, -0.25) is 10.1 Å². The fraction of sp³-hybridized carbons (Fsp3) is 0.538. The minimum atomic E-state index is -0.846. The van der Waals surface area contributed by atoms with Gasteiger partial charge in [0.25, 0.3) is 0 Å². The van der Waals surface area contributed by atoms with E-state index in [-0.39, 0.29) is 11.9 Å². The lowest BCUT2D eigenvalue weighted by atomic mass is 9.89. The average Bonchev–Trinajstić information content (AvgIpc) is 2.32. The summed E-state index contributed by atoms with van der Waals surface area (Å²) in [4.78, 5) is 10.1. The molecule has 0 radical (unpaired) electrons. The highest BCUT2D eigenvalue weighted by Crippen LogP contribution is 2.33. The lowest BCUT2D eigenvalue weighted by molar-refractivity contribution is -0.388. The van der Waals surface area contributed by atoms with Crippen molar-refractivity contribution in [2.45, 2.75) is 38.7 Å². The van der Waals surface area contributed by atoms with Crippen LogP contribution in [0, 0.1) is 21.8 Å². The Kier molecular flexibility index (Phi) is 3.79. The van der Waals surface area contributed by atoms with Gasteiger partial charge in [0.1, 0.15) is 0 Å². The summed E-state index contributed by atoms with van der Waals surface area (Å²) in [7, 11) is 0. The van der Waals surface area contributed by atoms with Crippen molar-refractivity contribution in [3.05, 3.63) is 34.1 Å². The highest BCUT2D eigenvalue weighted by Gasteiger charge is 2.25. The lowest BCUT2D eigenvalue weighted by Crippen LogP contribution is -2.23. The van der Waals surface area contributed by atoms with E-state index in [9.17, 15) is 14.5 Å². The number of rotatable bonds is 3. The first-order valence-corrected chi connectivity index (χ1v) is 6.17. The molecule has 1 fully saturated rings. The lowest BCUT2D eigenvalue weighted by Gasteiger charge is -2.26. The fourth-order valence-corrected chi connectivity index (χ4v) is 2.29. The summed E-state index contributed by atoms with van der Waals surface area (Å²) in [6.07, 6.45) is 3.80. The van der Waals surface area contributed by atoms with Gasteiger partial charge in [0.2, 0.25) is 11.6 Å². The van der Waals surface area contributed by atoms with Crippen LogP contribution in [-0.2, 0) is 0 Å². The number of halogens is 1. The molecule has 0 atom stereocenters. The van der Waals surface area contributed by atoms with Crippen LogP contribution >= 0.6 is 0 Å². The van der Waals surface area contributed by atoms with Crippen molar-refractivity contribution in [2.75, 3.05) is 0 Å². The zero-order valence-electron chi connectivity index (χ0n) is 10.3. The number of para-hydroxylation sites is 1. The summed E-state index contributed by atoms with van der Waals surface area (Å²) in [6.45, 7) is 2.18. The second-order valence-electron chi connectivity index (χ2n) is 4.84. The molecule has 2 rings (SSSR count). The van der Waals surface area contributed by atoms with E-state index in [1.807, 2.05) is 0 Å². The minimum absolute atomic E-state index is 0.0401. The number of hydrogen-bond donors (Lipinski definition) is 0. The van der Waals surface area contributed by atoms with Gasteiger partial charge in [-0.1, -0.05) is 13.0 Å². The van der Waals surface area contributed by atoms with E-state index in [0.717, 1.165) is 31.7 Å². The molecule has 5 heteroatoms. The molecule has 1 aromatic carbocycles. The SMILES string of the molecule is CC1CCC(Oc2cccc(F)c2[N+](=O)[O-])CC1. The highest BCUT2D eigenvalue weighted by atomic mass is 19.1. The van der Waals surface area contributed by atoms with Crippen LogP contribution in [-0.4, -0.2) is 11.0 Å². The number of nitrogens with zero attached hydrogens (tertiary/aromatic N) is 1. The third-order valence-corrected chi connectivity index (χ3v) is 3.39. The molecule has 1 aliphatic rings. The Labute approximate surface area is 105 Å². The molecule has 0 bridgehead atoms. The van der Waals surface area contributed by atoms with Crippen LogP contribution < -0.4 is 4.74 Å². The van der Waals surface area contributed by atoms with Gasteiger partial charge in [0.15, 0.2) is 0 Å². The quantitative estimate of drug-likeness (QED) is 0.609. The molecule has 0 heterocycles. The third-order valence-electron chi connectivity index (χ3n) is 3.39. The Morgan fingerprint density at radius 3 is 2.61 bits per heavy atom. The maximum Gasteiger partial charge on any atom is 0.346 e. The highest BCUT2D eigenvalue weighted by molar-refractivity contribution is 5.47. The van der Waals surface area contributed by atoms with Gasteiger partial charge in [-0.15, -0.1) is 0 Å². The molecule has 0 unspecified atom stereocenters. The summed E-state index contributed by atoms with van der Waals surface area (Å²) in [6, 6.07) is 3.97. The number of hydrogen-bond acceptors (Lipinski definition) is 3. The molecule has 0 saturated heterocycles. The predicted molar refractivity (Wildman–Crippen MR) is 65.1 cm³/mol. The van der Waals surface area contributed by atoms with Crippen LogP contribution in [0.15, 0.2) is 18.2 Å². The van der Waals surface area contributed by atoms with Crippen LogP contribution in [0.3, 0.4) is 0 Å². The summed E-state index contributed by atoms with van der Waals surface area (Å²) in [5, 5.41) is 10.8. The zero-order valence-corrected chi connectivity index (χ0v) is 10.3. The van der Waals surface area contributed by atoms with Gasteiger partial charge in [0.05, 0.1) is 11.0 Å². The van der Waals surface area contributed by atoms with Crippen molar-refractivity contribution in [3.8, 4) is 5.75 Å². The topological polar surface area (TPSA) is 52.4 Å². The van der Waals surface area contributed by atoms with Gasteiger partial charge >= 0.3 is 5.69 Å². The van der Waals surface area contributed by atoms with Crippen molar-refractivity contribution in [1.29, 1.82) is 0 Å². The van der Waals surface area contributed by atoms with Crippen molar-refractivity contribution in [2.24, 2.45) is 5.92 Å². The van der Waals surface area contributed by atoms with Gasteiger partial charge in [-0.2, -0.15) is 4.39 Å². The second kappa shape index (κ2) is 5.33. The largest absolute Gasteiger partial charge is 0.483 e. The molecule has 1 saturated carbocycles. The van der Waals surface area contributed by atoms with Crippen LogP contribution in [0.25, 0.3) is 0 Å². The Balaban J connectivity index is 2.14. The van der Waals surface area contributed by atoms with Crippen LogP contribution in [0.2, 0.25) is 0 Å². The number of ether oxygens (including phenoxy) is 1. The summed E-state index contributed by atoms with van der Waals surface area (Å²) in [5.41, 5.74) is -0.559. The molecule has 0 amide bonds. The number of benzene rings is 1. The molecule has 4 nitrogen and oxygen atoms in total. The molecular weight excluding hydrogens is 237 g/mol. The van der Waals surface area contributed by atoms with Crippen molar-refractivity contribution in [1.82, 2.24) is 0 Å². The summed E-state index contributed by atoms with van der Waals surface area (Å²) in [5.74, 6) is -0.131. The molecule has 0 N–H and O–H groups in total. The molecule has 0 aliphatic heterocycles. The van der Waals surface area contributed by atoms with E-state index in [2.05, 4.69) is 6.92 Å². The van der Waals surface area contributed by atoms with Crippen molar-refractivity contribution in [3.63, 3.8) is 0 Å². The smallest absolute Gasteiger partial charge is 0.346 e. The van der Waals surface area contributed by atoms with E-state index in [1.54, 1.807) is 0 Å². The zero-order chi connectivity index (χ0) is 13.1. The molecule has 1 aromatic rings. The van der Waals surface area contributed by atoms with E-state index in [4.69, 9.17) is 4.74 Å². The monoisotopic (exact) mass is 253 g/mol. The summed E-state index contributed by atoms with van der Waals surface area (Å²) < 4.78 is 19.0. The minimum Gasteiger partial charge on any atom is -0.483 e. The third kappa shape index (κ3) is 2.78. The van der Waals surface area contributed by atoms with Gasteiger partial charge < -0.3 is 4.74 Å². The van der Waals surface area contributed by atoms with E-state index in [1.165, 1.54) is 12.1 Å². The first-order chi connectivity index (χ1) is 8.58. The molecular formula is C13H16FNO3. The first-order valence-electron chi connectivity index (χ1n) is 6.17. The Morgan fingerprint density at radius 1 is 1.33 bits per heavy atom. The van der Waals surface area contributed by atoms with Crippen molar-refractivity contribution >= 4 is 5.69 Å². The maximum absolute atomic E-state index is 13.4. The van der Waals surface area contributed by atoms with Gasteiger partial charge in [-0.05, 0) is 43.7 Å². The molecule has 98 valence electrons. The Bertz CT molecular complexity index is 442. The van der Waals surface area contributed by atoms with Gasteiger partial charge in [0, 0.05) is 0 Å². The Morgan fingerprint density at radius 2 is 2.00 bits per heavy atom. The molecule has 0 spiro atoms. The van der Waals surface area contributed by atoms with Crippen LogP contribution in [0.1, 0.15) is 32.6 Å². The fourth-order valence-electron chi connectivity index (χ4n) is 2.29. The maximum atomic E-state index is 13.4. The average molecular weight is 253 g/mol. The first kappa shape index (κ1) is 12.8. The Hall–Kier alpha value is -1.65. The van der Waals surface area contributed by atoms with Gasteiger partial charge in [-0.25, -0.2) is 0 Å². The van der Waals surface area contributed by atoms with E-state index >= 15 is 0 Å². The normalized spacial score (nSPS) is 23.7. The number of nitro benzene ring substituents is 1. The molecule has 1 aliphatic carbocycles. The van der Waals surface area contributed by atoms with E-state index < -0.39 is 16.4 Å². The standard InChI is InChI=1S/C13H16FNO3/c1-9-5-7-10(8-6-9)18-12-4-2-3-11(14)13(12)15(16)17/h2-4,9-10H,5-8H2,1H3. The van der Waals surface area contributed by atoms with Crippen molar-refractivity contribution < 1.29 is 14.1 Å².